The lowest BCUT2D eigenvalue weighted by Gasteiger charge is -2.40. The first kappa shape index (κ1) is 18.9. The first-order chi connectivity index (χ1) is 11.5. The van der Waals surface area contributed by atoms with E-state index in [1.165, 1.54) is 54.5 Å². The molecule has 25 heavy (non-hydrogen) atoms. The number of rotatable bonds is 3. The van der Waals surface area contributed by atoms with E-state index in [2.05, 4.69) is 50.9 Å². The largest absolute Gasteiger partial charge is 0.412 e. The Morgan fingerprint density at radius 2 is 1.68 bits per heavy atom. The molecular formula is C21H35NO2Si. The summed E-state index contributed by atoms with van der Waals surface area (Å²) in [6.45, 7) is 11.6. The van der Waals surface area contributed by atoms with Crippen molar-refractivity contribution in [3.63, 3.8) is 0 Å². The first-order valence-corrected chi connectivity index (χ1v) is 12.7. The second-order valence-corrected chi connectivity index (χ2v) is 14.4. The maximum Gasteiger partial charge on any atom is 0.192 e. The van der Waals surface area contributed by atoms with Gasteiger partial charge in [0, 0.05) is 19.2 Å². The molecule has 140 valence electrons. The van der Waals surface area contributed by atoms with Gasteiger partial charge in [0.1, 0.15) is 0 Å². The zero-order valence-electron chi connectivity index (χ0n) is 16.9. The van der Waals surface area contributed by atoms with Gasteiger partial charge in [-0.15, -0.1) is 0 Å². The van der Waals surface area contributed by atoms with Gasteiger partial charge in [-0.3, -0.25) is 0 Å². The SMILES string of the molecule is CN1c2cc3c(cc2CC1(O)CO[Si](C)(C)C(C)(C)C)CCCCC3. The van der Waals surface area contributed by atoms with Crippen LogP contribution in [0.5, 0.6) is 0 Å². The first-order valence-electron chi connectivity index (χ1n) is 9.78. The normalized spacial score (nSPS) is 24.0. The van der Waals surface area contributed by atoms with E-state index in [0.717, 1.165) is 0 Å². The van der Waals surface area contributed by atoms with Gasteiger partial charge in [-0.1, -0.05) is 33.3 Å². The average Bonchev–Trinajstić information content (AvgIpc) is 2.67. The highest BCUT2D eigenvalue weighted by molar-refractivity contribution is 6.74. The summed E-state index contributed by atoms with van der Waals surface area (Å²) in [5, 5.41) is 11.5. The quantitative estimate of drug-likeness (QED) is 0.628. The van der Waals surface area contributed by atoms with Crippen LogP contribution in [0.1, 0.15) is 56.7 Å². The number of aryl methyl sites for hydroxylation is 2. The van der Waals surface area contributed by atoms with Crippen LogP contribution in [0.3, 0.4) is 0 Å². The minimum atomic E-state index is -1.87. The molecule has 0 aromatic heterocycles. The van der Waals surface area contributed by atoms with Gasteiger partial charge in [0.05, 0.1) is 6.61 Å². The van der Waals surface area contributed by atoms with Gasteiger partial charge in [0.2, 0.25) is 0 Å². The Morgan fingerprint density at radius 1 is 1.08 bits per heavy atom. The molecular weight excluding hydrogens is 326 g/mol. The van der Waals surface area contributed by atoms with Crippen molar-refractivity contribution in [2.75, 3.05) is 18.6 Å². The molecule has 0 saturated heterocycles. The molecule has 3 nitrogen and oxygen atoms in total. The van der Waals surface area contributed by atoms with E-state index in [4.69, 9.17) is 4.43 Å². The van der Waals surface area contributed by atoms with Gasteiger partial charge in [-0.05, 0) is 66.6 Å². The van der Waals surface area contributed by atoms with Gasteiger partial charge in [-0.25, -0.2) is 0 Å². The Hall–Kier alpha value is -0.843. The molecule has 1 unspecified atom stereocenters. The van der Waals surface area contributed by atoms with Gasteiger partial charge in [0.25, 0.3) is 0 Å². The molecule has 1 aromatic carbocycles. The molecule has 2 aliphatic rings. The highest BCUT2D eigenvalue weighted by Gasteiger charge is 2.44. The lowest BCUT2D eigenvalue weighted by atomic mass is 9.97. The topological polar surface area (TPSA) is 32.7 Å². The van der Waals surface area contributed by atoms with Gasteiger partial charge < -0.3 is 14.4 Å². The van der Waals surface area contributed by atoms with Crippen LogP contribution in [-0.2, 0) is 23.7 Å². The van der Waals surface area contributed by atoms with Crippen LogP contribution in [0.4, 0.5) is 5.69 Å². The molecule has 0 saturated carbocycles. The maximum absolute atomic E-state index is 11.3. The van der Waals surface area contributed by atoms with Crippen LogP contribution in [0.2, 0.25) is 18.1 Å². The Kier molecular flexibility index (Phi) is 4.84. The fraction of sp³-hybridized carbons (Fsp3) is 0.714. The highest BCUT2D eigenvalue weighted by atomic mass is 28.4. The monoisotopic (exact) mass is 361 g/mol. The molecule has 0 bridgehead atoms. The van der Waals surface area contributed by atoms with Crippen molar-refractivity contribution in [1.82, 2.24) is 0 Å². The Labute approximate surface area is 154 Å². The molecule has 0 fully saturated rings. The predicted molar refractivity (Wildman–Crippen MR) is 108 cm³/mol. The summed E-state index contributed by atoms with van der Waals surface area (Å²) in [5.41, 5.74) is 4.54. The van der Waals surface area contributed by atoms with Crippen molar-refractivity contribution in [3.05, 3.63) is 28.8 Å². The number of likely N-dealkylation sites (N-methyl/N-ethyl adjacent to an activating group) is 1. The number of fused-ring (bicyclic) bond motifs is 2. The van der Waals surface area contributed by atoms with E-state index in [9.17, 15) is 5.11 Å². The van der Waals surface area contributed by atoms with Crippen LogP contribution >= 0.6 is 0 Å². The lowest BCUT2D eigenvalue weighted by Crippen LogP contribution is -2.52. The number of anilines is 1. The van der Waals surface area contributed by atoms with Gasteiger partial charge >= 0.3 is 0 Å². The summed E-state index contributed by atoms with van der Waals surface area (Å²) < 4.78 is 6.38. The van der Waals surface area contributed by atoms with Crippen LogP contribution in [0.25, 0.3) is 0 Å². The Morgan fingerprint density at radius 3 is 2.28 bits per heavy atom. The molecule has 0 radical (unpaired) electrons. The summed E-state index contributed by atoms with van der Waals surface area (Å²) in [6.07, 6.45) is 6.94. The average molecular weight is 362 g/mol. The summed E-state index contributed by atoms with van der Waals surface area (Å²) in [4.78, 5) is 2.06. The molecule has 4 heteroatoms. The second kappa shape index (κ2) is 6.40. The molecule has 1 heterocycles. The third kappa shape index (κ3) is 3.53. The third-order valence-corrected chi connectivity index (χ3v) is 11.2. The molecule has 1 aliphatic heterocycles. The van der Waals surface area contributed by atoms with Crippen molar-refractivity contribution in [2.45, 2.75) is 83.2 Å². The molecule has 0 spiro atoms. The summed E-state index contributed by atoms with van der Waals surface area (Å²) in [7, 11) is 0.146. The minimum absolute atomic E-state index is 0.157. The van der Waals surface area contributed by atoms with E-state index >= 15 is 0 Å². The lowest BCUT2D eigenvalue weighted by molar-refractivity contribution is -0.000668. The van der Waals surface area contributed by atoms with E-state index in [1.807, 2.05) is 7.05 Å². The van der Waals surface area contributed by atoms with Crippen LogP contribution in [-0.4, -0.2) is 32.8 Å². The molecule has 3 rings (SSSR count). The zero-order valence-corrected chi connectivity index (χ0v) is 17.9. The summed E-state index contributed by atoms with van der Waals surface area (Å²) in [5.74, 6) is 0. The molecule has 1 N–H and O–H groups in total. The Balaban J connectivity index is 1.81. The number of aliphatic hydroxyl groups is 1. The fourth-order valence-electron chi connectivity index (χ4n) is 3.76. The molecule has 1 atom stereocenters. The number of benzene rings is 1. The van der Waals surface area contributed by atoms with Crippen molar-refractivity contribution in [1.29, 1.82) is 0 Å². The minimum Gasteiger partial charge on any atom is -0.412 e. The number of hydrogen-bond donors (Lipinski definition) is 1. The zero-order chi connectivity index (χ0) is 18.5. The van der Waals surface area contributed by atoms with Gasteiger partial charge in [-0.2, -0.15) is 0 Å². The van der Waals surface area contributed by atoms with E-state index in [-0.39, 0.29) is 5.04 Å². The smallest absolute Gasteiger partial charge is 0.192 e. The van der Waals surface area contributed by atoms with Crippen molar-refractivity contribution >= 4 is 14.0 Å². The summed E-state index contributed by atoms with van der Waals surface area (Å²) >= 11 is 0. The van der Waals surface area contributed by atoms with Crippen molar-refractivity contribution < 1.29 is 9.53 Å². The summed E-state index contributed by atoms with van der Waals surface area (Å²) in [6, 6.07) is 4.69. The van der Waals surface area contributed by atoms with E-state index < -0.39 is 14.0 Å². The standard InChI is InChI=1S/C21H35NO2Si/c1-20(2,3)25(5,6)24-15-21(23)14-18-12-16-10-8-7-9-11-17(16)13-19(18)22(21)4/h12-13,23H,7-11,14-15H2,1-6H3. The van der Waals surface area contributed by atoms with Crippen LogP contribution in [0, 0.1) is 0 Å². The van der Waals surface area contributed by atoms with Crippen LogP contribution in [0.15, 0.2) is 12.1 Å². The van der Waals surface area contributed by atoms with Gasteiger partial charge in [0.15, 0.2) is 14.0 Å². The maximum atomic E-state index is 11.3. The van der Waals surface area contributed by atoms with Crippen LogP contribution < -0.4 is 4.90 Å². The van der Waals surface area contributed by atoms with E-state index in [0.29, 0.717) is 13.0 Å². The fourth-order valence-corrected chi connectivity index (χ4v) is 4.79. The highest BCUT2D eigenvalue weighted by Crippen LogP contribution is 2.42. The Bertz CT molecular complexity index is 650. The number of nitrogens with zero attached hydrogens (tertiary/aromatic N) is 1. The molecule has 0 amide bonds. The molecule has 1 aliphatic carbocycles. The number of hydrogen-bond acceptors (Lipinski definition) is 3. The van der Waals surface area contributed by atoms with Crippen molar-refractivity contribution in [3.8, 4) is 0 Å². The third-order valence-electron chi connectivity index (χ3n) is 6.72. The van der Waals surface area contributed by atoms with E-state index in [1.54, 1.807) is 0 Å². The second-order valence-electron chi connectivity index (χ2n) is 9.58. The van der Waals surface area contributed by atoms with Crippen molar-refractivity contribution in [2.24, 2.45) is 0 Å². The predicted octanol–water partition coefficient (Wildman–Crippen LogP) is 4.66. The molecule has 1 aromatic rings.